The molecule has 0 aliphatic carbocycles. The van der Waals surface area contributed by atoms with Crippen LogP contribution in [-0.2, 0) is 10.2 Å². The molecule has 34 heavy (non-hydrogen) atoms. The monoisotopic (exact) mass is 473 g/mol. The molecule has 0 radical (unpaired) electrons. The smallest absolute Gasteiger partial charge is 0.290 e. The Morgan fingerprint density at radius 2 is 1.97 bits per heavy atom. The van der Waals surface area contributed by atoms with Gasteiger partial charge in [-0.15, -0.1) is 0 Å². The first kappa shape index (κ1) is 22.6. The summed E-state index contributed by atoms with van der Waals surface area (Å²) in [6.07, 6.45) is 1.81. The third-order valence-corrected chi connectivity index (χ3v) is 7.53. The Balaban J connectivity index is 1.74. The fourth-order valence-electron chi connectivity index (χ4n) is 5.03. The third kappa shape index (κ3) is 3.79. The molecule has 6 nitrogen and oxygen atoms in total. The first-order valence-corrected chi connectivity index (χ1v) is 12.2. The molecule has 1 fully saturated rings. The molecule has 2 amide bonds. The maximum absolute atomic E-state index is 12.1. The highest BCUT2D eigenvalue weighted by atomic mass is 32.2. The standard InChI is InChI=1S/C27H27N3O3S/c1-5-30-22-13-18(15(2)10-20(22)27(3,4)14-24(30)31)19-11-16(12-23-25(32)29-26(33)34-23)28-21-9-7-6-8-17(19)21/h6-13,24,31H,5,14H2,1-4H3,(H,29,32,33)/b23-12-. The summed E-state index contributed by atoms with van der Waals surface area (Å²) in [5.41, 5.74) is 6.76. The average Bonchev–Trinajstić information content (AvgIpc) is 3.09. The van der Waals surface area contributed by atoms with E-state index in [0.29, 0.717) is 23.6 Å². The van der Waals surface area contributed by atoms with E-state index in [1.54, 1.807) is 6.08 Å². The Bertz CT molecular complexity index is 1380. The highest BCUT2D eigenvalue weighted by Crippen LogP contribution is 2.45. The van der Waals surface area contributed by atoms with Crippen molar-refractivity contribution in [2.24, 2.45) is 0 Å². The van der Waals surface area contributed by atoms with E-state index in [0.717, 1.165) is 45.0 Å². The number of aryl methyl sites for hydroxylation is 1. The molecule has 0 spiro atoms. The van der Waals surface area contributed by atoms with Crippen LogP contribution in [0, 0.1) is 6.92 Å². The number of amides is 2. The third-order valence-electron chi connectivity index (χ3n) is 6.72. The van der Waals surface area contributed by atoms with Crippen LogP contribution in [0.2, 0.25) is 0 Å². The Morgan fingerprint density at radius 3 is 2.68 bits per heavy atom. The van der Waals surface area contributed by atoms with Crippen molar-refractivity contribution in [2.75, 3.05) is 11.4 Å². The lowest BCUT2D eigenvalue weighted by atomic mass is 9.75. The molecule has 1 aromatic heterocycles. The molecule has 2 aliphatic rings. The molecule has 5 rings (SSSR count). The van der Waals surface area contributed by atoms with Gasteiger partial charge in [-0.25, -0.2) is 4.98 Å². The van der Waals surface area contributed by atoms with Gasteiger partial charge in [0.15, 0.2) is 0 Å². The van der Waals surface area contributed by atoms with Crippen molar-refractivity contribution >= 4 is 45.6 Å². The van der Waals surface area contributed by atoms with Gasteiger partial charge in [-0.05, 0) is 77.6 Å². The lowest BCUT2D eigenvalue weighted by molar-refractivity contribution is -0.115. The number of nitrogens with zero attached hydrogens (tertiary/aromatic N) is 2. The molecule has 3 aromatic rings. The molecule has 2 aromatic carbocycles. The lowest BCUT2D eigenvalue weighted by Gasteiger charge is -2.44. The number of rotatable bonds is 3. The van der Waals surface area contributed by atoms with Gasteiger partial charge in [0.2, 0.25) is 0 Å². The van der Waals surface area contributed by atoms with E-state index in [9.17, 15) is 14.7 Å². The number of benzene rings is 2. The predicted octanol–water partition coefficient (Wildman–Crippen LogP) is 5.36. The number of carbonyl (C=O) groups is 2. The number of imide groups is 1. The van der Waals surface area contributed by atoms with Gasteiger partial charge in [0, 0.05) is 24.0 Å². The Labute approximate surface area is 203 Å². The minimum absolute atomic E-state index is 0.140. The summed E-state index contributed by atoms with van der Waals surface area (Å²) in [4.78, 5) is 30.9. The second-order valence-corrected chi connectivity index (χ2v) is 10.5. The number of anilines is 1. The summed E-state index contributed by atoms with van der Waals surface area (Å²) in [6.45, 7) is 9.24. The van der Waals surface area contributed by atoms with E-state index in [4.69, 9.17) is 4.98 Å². The summed E-state index contributed by atoms with van der Waals surface area (Å²) < 4.78 is 0. The van der Waals surface area contributed by atoms with Gasteiger partial charge >= 0.3 is 0 Å². The molecule has 7 heteroatoms. The fourth-order valence-corrected chi connectivity index (χ4v) is 5.70. The second kappa shape index (κ2) is 8.25. The zero-order chi connectivity index (χ0) is 24.2. The largest absolute Gasteiger partial charge is 0.374 e. The molecule has 1 unspecified atom stereocenters. The van der Waals surface area contributed by atoms with Crippen molar-refractivity contribution in [3.8, 4) is 11.1 Å². The number of thioether (sulfide) groups is 1. The van der Waals surface area contributed by atoms with Gasteiger partial charge in [-0.1, -0.05) is 38.1 Å². The number of aromatic nitrogens is 1. The first-order chi connectivity index (χ1) is 16.2. The van der Waals surface area contributed by atoms with Gasteiger partial charge in [0.25, 0.3) is 11.1 Å². The normalized spacial score (nSPS) is 20.7. The highest BCUT2D eigenvalue weighted by molar-refractivity contribution is 8.18. The van der Waals surface area contributed by atoms with Crippen molar-refractivity contribution in [3.63, 3.8) is 0 Å². The summed E-state index contributed by atoms with van der Waals surface area (Å²) in [5, 5.41) is 13.8. The highest BCUT2D eigenvalue weighted by Gasteiger charge is 2.36. The molecular weight excluding hydrogens is 446 g/mol. The van der Waals surface area contributed by atoms with Crippen LogP contribution in [-0.4, -0.2) is 34.0 Å². The minimum Gasteiger partial charge on any atom is -0.374 e. The zero-order valence-corrected chi connectivity index (χ0v) is 20.5. The molecule has 2 aliphatic heterocycles. The molecule has 1 atom stereocenters. The maximum atomic E-state index is 12.1. The van der Waals surface area contributed by atoms with E-state index in [2.05, 4.69) is 50.0 Å². The first-order valence-electron chi connectivity index (χ1n) is 11.4. The summed E-state index contributed by atoms with van der Waals surface area (Å²) in [7, 11) is 0. The van der Waals surface area contributed by atoms with Crippen LogP contribution >= 0.6 is 11.8 Å². The van der Waals surface area contributed by atoms with Crippen LogP contribution in [0.25, 0.3) is 28.1 Å². The van der Waals surface area contributed by atoms with E-state index >= 15 is 0 Å². The molecular formula is C27H27N3O3S. The molecule has 174 valence electrons. The minimum atomic E-state index is -0.534. The van der Waals surface area contributed by atoms with Crippen LogP contribution in [0.5, 0.6) is 0 Å². The predicted molar refractivity (Wildman–Crippen MR) is 138 cm³/mol. The maximum Gasteiger partial charge on any atom is 0.290 e. The Hall–Kier alpha value is -3.16. The van der Waals surface area contributed by atoms with E-state index in [-0.39, 0.29) is 10.7 Å². The van der Waals surface area contributed by atoms with Gasteiger partial charge in [0.1, 0.15) is 6.23 Å². The van der Waals surface area contributed by atoms with E-state index in [1.807, 2.05) is 30.3 Å². The van der Waals surface area contributed by atoms with Gasteiger partial charge in [-0.2, -0.15) is 0 Å². The number of fused-ring (bicyclic) bond motifs is 2. The fraction of sp³-hybridized carbons (Fsp3) is 0.296. The molecule has 1 saturated heterocycles. The van der Waals surface area contributed by atoms with Gasteiger partial charge in [0.05, 0.1) is 16.1 Å². The quantitative estimate of drug-likeness (QED) is 0.499. The van der Waals surface area contributed by atoms with E-state index < -0.39 is 12.1 Å². The van der Waals surface area contributed by atoms with Crippen molar-refractivity contribution in [1.82, 2.24) is 10.3 Å². The van der Waals surface area contributed by atoms with Crippen molar-refractivity contribution in [2.45, 2.75) is 45.8 Å². The SMILES string of the molecule is CCN1c2cc(-c3cc(/C=C4\SC(=O)NC4=O)nc4ccccc34)c(C)cc2C(C)(C)CC1O. The zero-order valence-electron chi connectivity index (χ0n) is 19.7. The Morgan fingerprint density at radius 1 is 1.21 bits per heavy atom. The Kier molecular flexibility index (Phi) is 5.49. The summed E-state index contributed by atoms with van der Waals surface area (Å²) in [6, 6.07) is 14.3. The van der Waals surface area contributed by atoms with Crippen LogP contribution in [0.3, 0.4) is 0 Å². The van der Waals surface area contributed by atoms with Gasteiger partial charge < -0.3 is 10.0 Å². The summed E-state index contributed by atoms with van der Waals surface area (Å²) >= 11 is 0.888. The van der Waals surface area contributed by atoms with Crippen LogP contribution in [0.1, 0.15) is 44.0 Å². The number of aliphatic hydroxyl groups is 1. The molecule has 2 N–H and O–H groups in total. The van der Waals surface area contributed by atoms with Gasteiger partial charge in [-0.3, -0.25) is 14.9 Å². The van der Waals surface area contributed by atoms with Crippen molar-refractivity contribution in [1.29, 1.82) is 0 Å². The number of para-hydroxylation sites is 1. The number of carbonyl (C=O) groups excluding carboxylic acids is 2. The van der Waals surface area contributed by atoms with Crippen LogP contribution in [0.15, 0.2) is 47.4 Å². The van der Waals surface area contributed by atoms with Crippen molar-refractivity contribution < 1.29 is 14.7 Å². The number of hydrogen-bond donors (Lipinski definition) is 2. The molecule has 0 saturated carbocycles. The molecule has 3 heterocycles. The van der Waals surface area contributed by atoms with Crippen molar-refractivity contribution in [3.05, 3.63) is 64.2 Å². The number of hydrogen-bond acceptors (Lipinski definition) is 6. The molecule has 0 bridgehead atoms. The number of aliphatic hydroxyl groups excluding tert-OH is 1. The second-order valence-electron chi connectivity index (χ2n) is 9.50. The van der Waals surface area contributed by atoms with Crippen LogP contribution < -0.4 is 10.2 Å². The summed E-state index contributed by atoms with van der Waals surface area (Å²) in [5.74, 6) is -0.397. The topological polar surface area (TPSA) is 82.5 Å². The van der Waals surface area contributed by atoms with Crippen LogP contribution in [0.4, 0.5) is 10.5 Å². The average molecular weight is 474 g/mol. The number of pyridine rings is 1. The van der Waals surface area contributed by atoms with E-state index in [1.165, 1.54) is 5.56 Å². The number of nitrogens with one attached hydrogen (secondary N) is 1. The lowest BCUT2D eigenvalue weighted by Crippen LogP contribution is -2.45.